The van der Waals surface area contributed by atoms with Gasteiger partial charge in [-0.1, -0.05) is 54.1 Å². The number of ether oxygens (including phenoxy) is 2. The number of carbonyl (C=O) groups excluding carboxylic acids is 1. The van der Waals surface area contributed by atoms with Crippen LogP contribution in [0, 0.1) is 5.82 Å². The van der Waals surface area contributed by atoms with Gasteiger partial charge in [0.25, 0.3) is 0 Å². The van der Waals surface area contributed by atoms with E-state index in [9.17, 15) is 9.18 Å². The number of pyridine rings is 1. The van der Waals surface area contributed by atoms with Crippen LogP contribution in [0.1, 0.15) is 16.1 Å². The summed E-state index contributed by atoms with van der Waals surface area (Å²) < 4.78 is 24.4. The summed E-state index contributed by atoms with van der Waals surface area (Å²) in [6, 6.07) is 13.8. The topological polar surface area (TPSA) is 48.4 Å². The van der Waals surface area contributed by atoms with Crippen molar-refractivity contribution in [2.24, 2.45) is 0 Å². The second kappa shape index (κ2) is 6.84. The third-order valence-electron chi connectivity index (χ3n) is 3.47. The maximum absolute atomic E-state index is 14.0. The molecule has 0 aliphatic carbocycles. The first-order chi connectivity index (χ1) is 11.6. The predicted octanol–water partition coefficient (Wildman–Crippen LogP) is 4.39. The van der Waals surface area contributed by atoms with Crippen LogP contribution >= 0.6 is 11.6 Å². The summed E-state index contributed by atoms with van der Waals surface area (Å²) in [5, 5.41) is 0.489. The highest BCUT2D eigenvalue weighted by atomic mass is 35.5. The molecule has 0 bridgehead atoms. The van der Waals surface area contributed by atoms with Gasteiger partial charge in [0.15, 0.2) is 11.4 Å². The first-order valence-electron chi connectivity index (χ1n) is 7.14. The first kappa shape index (κ1) is 16.2. The van der Waals surface area contributed by atoms with Crippen LogP contribution in [0.5, 0.6) is 5.75 Å². The summed E-state index contributed by atoms with van der Waals surface area (Å²) in [6.45, 7) is 0.188. The number of aromatic nitrogens is 1. The van der Waals surface area contributed by atoms with Crippen molar-refractivity contribution in [3.8, 4) is 5.75 Å². The Labute approximate surface area is 142 Å². The second-order valence-corrected chi connectivity index (χ2v) is 5.38. The summed E-state index contributed by atoms with van der Waals surface area (Å²) in [5.74, 6) is -1.25. The van der Waals surface area contributed by atoms with Crippen LogP contribution < -0.4 is 4.74 Å². The van der Waals surface area contributed by atoms with E-state index in [1.807, 2.05) is 30.3 Å². The standard InChI is InChI=1S/C18H13ClFNO3/c1-23-18(22)16-17(24-10-11-6-3-2-4-7-11)14(19)12-8-5-9-13(20)15(12)21-16/h2-9H,10H2,1H3. The van der Waals surface area contributed by atoms with Gasteiger partial charge in [0, 0.05) is 5.39 Å². The fourth-order valence-corrected chi connectivity index (χ4v) is 2.59. The molecular formula is C18H13ClFNO3. The summed E-state index contributed by atoms with van der Waals surface area (Å²) in [5.41, 5.74) is 0.731. The molecule has 0 unspecified atom stereocenters. The number of carbonyl (C=O) groups is 1. The minimum atomic E-state index is -0.745. The van der Waals surface area contributed by atoms with Gasteiger partial charge >= 0.3 is 5.97 Å². The van der Waals surface area contributed by atoms with E-state index in [1.165, 1.54) is 19.2 Å². The number of nitrogens with zero attached hydrogens (tertiary/aromatic N) is 1. The van der Waals surface area contributed by atoms with Crippen LogP contribution in [-0.2, 0) is 11.3 Å². The van der Waals surface area contributed by atoms with Crippen LogP contribution in [-0.4, -0.2) is 18.1 Å². The Hall–Kier alpha value is -2.66. The van der Waals surface area contributed by atoms with Gasteiger partial charge in [0.05, 0.1) is 12.1 Å². The molecule has 0 atom stereocenters. The lowest BCUT2D eigenvalue weighted by atomic mass is 10.1. The SMILES string of the molecule is COC(=O)c1nc2c(F)cccc2c(Cl)c1OCc1ccccc1. The molecule has 24 heavy (non-hydrogen) atoms. The van der Waals surface area contributed by atoms with Crippen molar-refractivity contribution >= 4 is 28.5 Å². The van der Waals surface area contributed by atoms with E-state index >= 15 is 0 Å². The molecule has 6 heteroatoms. The normalized spacial score (nSPS) is 10.6. The zero-order valence-corrected chi connectivity index (χ0v) is 13.5. The van der Waals surface area contributed by atoms with Gasteiger partial charge < -0.3 is 9.47 Å². The van der Waals surface area contributed by atoms with Crippen molar-refractivity contribution in [1.82, 2.24) is 4.98 Å². The third-order valence-corrected chi connectivity index (χ3v) is 3.84. The van der Waals surface area contributed by atoms with E-state index in [0.717, 1.165) is 5.56 Å². The van der Waals surface area contributed by atoms with Crippen LogP contribution in [0.2, 0.25) is 5.02 Å². The van der Waals surface area contributed by atoms with Crippen molar-refractivity contribution in [2.75, 3.05) is 7.11 Å². The molecule has 0 radical (unpaired) electrons. The Morgan fingerprint density at radius 3 is 2.62 bits per heavy atom. The number of halogens is 2. The molecule has 0 spiro atoms. The average Bonchev–Trinajstić information content (AvgIpc) is 2.61. The van der Waals surface area contributed by atoms with E-state index < -0.39 is 11.8 Å². The number of esters is 1. The summed E-state index contributed by atoms with van der Waals surface area (Å²) in [4.78, 5) is 16.1. The molecule has 0 saturated heterocycles. The van der Waals surface area contributed by atoms with Gasteiger partial charge in [0.2, 0.25) is 0 Å². The molecule has 0 fully saturated rings. The third kappa shape index (κ3) is 3.03. The molecule has 0 saturated carbocycles. The number of para-hydroxylation sites is 1. The Balaban J connectivity index is 2.10. The monoisotopic (exact) mass is 345 g/mol. The molecule has 0 aliphatic rings. The lowest BCUT2D eigenvalue weighted by molar-refractivity contribution is 0.0589. The van der Waals surface area contributed by atoms with E-state index in [0.29, 0.717) is 5.39 Å². The van der Waals surface area contributed by atoms with Gasteiger partial charge in [-0.2, -0.15) is 0 Å². The summed E-state index contributed by atoms with van der Waals surface area (Å²) in [7, 11) is 1.21. The number of benzene rings is 2. The van der Waals surface area contributed by atoms with Gasteiger partial charge in [-0.3, -0.25) is 0 Å². The van der Waals surface area contributed by atoms with Crippen molar-refractivity contribution < 1.29 is 18.7 Å². The Morgan fingerprint density at radius 1 is 1.17 bits per heavy atom. The number of hydrogen-bond donors (Lipinski definition) is 0. The lowest BCUT2D eigenvalue weighted by Gasteiger charge is -2.13. The zero-order chi connectivity index (χ0) is 17.1. The van der Waals surface area contributed by atoms with Crippen molar-refractivity contribution in [3.63, 3.8) is 0 Å². The van der Waals surface area contributed by atoms with Gasteiger partial charge in [-0.25, -0.2) is 14.2 Å². The molecule has 2 aromatic carbocycles. The highest BCUT2D eigenvalue weighted by Gasteiger charge is 2.23. The quantitative estimate of drug-likeness (QED) is 0.658. The lowest BCUT2D eigenvalue weighted by Crippen LogP contribution is -2.10. The number of rotatable bonds is 4. The molecule has 4 nitrogen and oxygen atoms in total. The Bertz CT molecular complexity index is 900. The van der Waals surface area contributed by atoms with E-state index in [2.05, 4.69) is 4.98 Å². The Kier molecular flexibility index (Phi) is 4.62. The van der Waals surface area contributed by atoms with E-state index in [1.54, 1.807) is 6.07 Å². The molecule has 0 amide bonds. The van der Waals surface area contributed by atoms with Crippen molar-refractivity contribution in [2.45, 2.75) is 6.61 Å². The second-order valence-electron chi connectivity index (χ2n) is 5.01. The maximum Gasteiger partial charge on any atom is 0.360 e. The molecule has 0 aliphatic heterocycles. The number of methoxy groups -OCH3 is 1. The van der Waals surface area contributed by atoms with Crippen molar-refractivity contribution in [1.29, 1.82) is 0 Å². The fourth-order valence-electron chi connectivity index (χ4n) is 2.29. The predicted molar refractivity (Wildman–Crippen MR) is 88.8 cm³/mol. The smallest absolute Gasteiger partial charge is 0.360 e. The minimum Gasteiger partial charge on any atom is -0.485 e. The van der Waals surface area contributed by atoms with E-state index in [-0.39, 0.29) is 28.6 Å². The molecule has 0 N–H and O–H groups in total. The van der Waals surface area contributed by atoms with Crippen molar-refractivity contribution in [3.05, 3.63) is 70.6 Å². The number of fused-ring (bicyclic) bond motifs is 1. The molecule has 122 valence electrons. The van der Waals surface area contributed by atoms with Crippen LogP contribution in [0.3, 0.4) is 0 Å². The summed E-state index contributed by atoms with van der Waals surface area (Å²) in [6.07, 6.45) is 0. The summed E-state index contributed by atoms with van der Waals surface area (Å²) >= 11 is 6.35. The highest BCUT2D eigenvalue weighted by molar-refractivity contribution is 6.37. The minimum absolute atomic E-state index is 0.00467. The molecule has 3 rings (SSSR count). The molecule has 1 heterocycles. The highest BCUT2D eigenvalue weighted by Crippen LogP contribution is 2.36. The number of hydrogen-bond acceptors (Lipinski definition) is 4. The van der Waals surface area contributed by atoms with Crippen LogP contribution in [0.15, 0.2) is 48.5 Å². The van der Waals surface area contributed by atoms with Crippen LogP contribution in [0.4, 0.5) is 4.39 Å². The first-order valence-corrected chi connectivity index (χ1v) is 7.52. The van der Waals surface area contributed by atoms with Gasteiger partial charge in [0.1, 0.15) is 17.9 Å². The maximum atomic E-state index is 14.0. The van der Waals surface area contributed by atoms with Gasteiger partial charge in [-0.05, 0) is 11.6 Å². The van der Waals surface area contributed by atoms with Crippen LogP contribution in [0.25, 0.3) is 10.9 Å². The molecule has 1 aromatic heterocycles. The van der Waals surface area contributed by atoms with E-state index in [4.69, 9.17) is 21.1 Å². The molecule has 3 aromatic rings. The molecular weight excluding hydrogens is 333 g/mol. The van der Waals surface area contributed by atoms with Gasteiger partial charge in [-0.15, -0.1) is 0 Å². The zero-order valence-electron chi connectivity index (χ0n) is 12.8. The average molecular weight is 346 g/mol. The fraction of sp³-hybridized carbons (Fsp3) is 0.111. The Morgan fingerprint density at radius 2 is 1.92 bits per heavy atom. The largest absolute Gasteiger partial charge is 0.485 e.